The highest BCUT2D eigenvalue weighted by atomic mass is 32.2. The van der Waals surface area contributed by atoms with Gasteiger partial charge in [-0.2, -0.15) is 0 Å². The second-order valence-corrected chi connectivity index (χ2v) is 6.23. The fourth-order valence-electron chi connectivity index (χ4n) is 2.31. The van der Waals surface area contributed by atoms with Crippen molar-refractivity contribution < 1.29 is 23.5 Å². The van der Waals surface area contributed by atoms with Crippen LogP contribution in [0.25, 0.3) is 5.69 Å². The highest BCUT2D eigenvalue weighted by Crippen LogP contribution is 2.21. The highest BCUT2D eigenvalue weighted by molar-refractivity contribution is 7.99. The number of halogens is 1. The topological polar surface area (TPSA) is 93.5 Å². The number of nitrogens with one attached hydrogen (secondary N) is 1. The molecule has 0 radical (unpaired) electrons. The van der Waals surface area contributed by atoms with Crippen molar-refractivity contribution in [1.82, 2.24) is 19.8 Å². The van der Waals surface area contributed by atoms with E-state index in [1.807, 2.05) is 0 Å². The molecule has 3 rings (SSSR count). The predicted octanol–water partition coefficient (Wildman–Crippen LogP) is 1.20. The van der Waals surface area contributed by atoms with E-state index in [0.29, 0.717) is 17.4 Å². The van der Waals surface area contributed by atoms with Gasteiger partial charge in [-0.15, -0.1) is 0 Å². The molecule has 1 saturated heterocycles. The second kappa shape index (κ2) is 8.00. The second-order valence-electron chi connectivity index (χ2n) is 5.29. The molecule has 2 heterocycles. The van der Waals surface area contributed by atoms with Gasteiger partial charge in [-0.1, -0.05) is 17.8 Å². The lowest BCUT2D eigenvalue weighted by Crippen LogP contribution is -2.37. The van der Waals surface area contributed by atoms with Crippen LogP contribution in [0.15, 0.2) is 41.8 Å². The summed E-state index contributed by atoms with van der Waals surface area (Å²) in [5.74, 6) is -1.64. The van der Waals surface area contributed by atoms with Gasteiger partial charge in [-0.05, 0) is 18.2 Å². The van der Waals surface area contributed by atoms with Crippen LogP contribution in [0.1, 0.15) is 0 Å². The summed E-state index contributed by atoms with van der Waals surface area (Å²) in [6.45, 7) is 0.150. The van der Waals surface area contributed by atoms with Crippen LogP contribution in [0, 0.1) is 5.82 Å². The lowest BCUT2D eigenvalue weighted by atomic mass is 10.3. The van der Waals surface area contributed by atoms with Crippen molar-refractivity contribution in [3.05, 3.63) is 42.5 Å². The van der Waals surface area contributed by atoms with Crippen LogP contribution in [0.3, 0.4) is 0 Å². The van der Waals surface area contributed by atoms with Crippen molar-refractivity contribution in [3.63, 3.8) is 0 Å². The minimum atomic E-state index is -0.614. The van der Waals surface area contributed by atoms with Crippen molar-refractivity contribution in [1.29, 1.82) is 0 Å². The summed E-state index contributed by atoms with van der Waals surface area (Å²) < 4.78 is 19.9. The fourth-order valence-corrected chi connectivity index (χ4v) is 3.08. The van der Waals surface area contributed by atoms with Gasteiger partial charge in [0.2, 0.25) is 0 Å². The molecule has 0 saturated carbocycles. The number of nitrogens with zero attached hydrogens (tertiary/aromatic N) is 3. The van der Waals surface area contributed by atoms with Gasteiger partial charge in [0, 0.05) is 25.5 Å². The summed E-state index contributed by atoms with van der Waals surface area (Å²) in [7, 11) is 0. The molecule has 10 heteroatoms. The Morgan fingerprint density at radius 2 is 2.23 bits per heavy atom. The first-order valence-corrected chi connectivity index (χ1v) is 8.69. The maximum absolute atomic E-state index is 13.4. The van der Waals surface area contributed by atoms with E-state index in [1.54, 1.807) is 22.9 Å². The zero-order valence-electron chi connectivity index (χ0n) is 13.6. The van der Waals surface area contributed by atoms with Gasteiger partial charge < -0.3 is 10.1 Å². The van der Waals surface area contributed by atoms with Gasteiger partial charge in [0.05, 0.1) is 11.4 Å². The summed E-state index contributed by atoms with van der Waals surface area (Å²) in [5.41, 5.74) is 0.577. The maximum Gasteiger partial charge on any atom is 0.324 e. The first-order chi connectivity index (χ1) is 12.5. The van der Waals surface area contributed by atoms with Crippen molar-refractivity contribution in [2.75, 3.05) is 25.4 Å². The Kier molecular flexibility index (Phi) is 5.52. The number of esters is 1. The Morgan fingerprint density at radius 1 is 1.38 bits per heavy atom. The van der Waals surface area contributed by atoms with Gasteiger partial charge in [-0.25, -0.2) is 14.2 Å². The molecule has 26 heavy (non-hydrogen) atoms. The quantitative estimate of drug-likeness (QED) is 0.600. The van der Waals surface area contributed by atoms with Crippen molar-refractivity contribution in [3.8, 4) is 5.69 Å². The number of amides is 3. The molecule has 0 aliphatic carbocycles. The highest BCUT2D eigenvalue weighted by Gasteiger charge is 2.26. The lowest BCUT2D eigenvalue weighted by molar-refractivity contribution is -0.148. The maximum atomic E-state index is 13.4. The molecule has 1 aliphatic heterocycles. The summed E-state index contributed by atoms with van der Waals surface area (Å²) in [5, 5.41) is 2.98. The molecule has 3 amide bonds. The number of rotatable bonds is 6. The lowest BCUT2D eigenvalue weighted by Gasteiger charge is -2.12. The summed E-state index contributed by atoms with van der Waals surface area (Å²) in [4.78, 5) is 40.1. The molecular formula is C16H15FN4O4S. The number of imidazole rings is 1. The molecular weight excluding hydrogens is 363 g/mol. The Hall–Kier alpha value is -2.88. The van der Waals surface area contributed by atoms with E-state index < -0.39 is 24.5 Å². The molecule has 0 bridgehead atoms. The summed E-state index contributed by atoms with van der Waals surface area (Å²) >= 11 is 1.10. The van der Waals surface area contributed by atoms with Crippen LogP contribution < -0.4 is 5.32 Å². The average molecular weight is 378 g/mol. The van der Waals surface area contributed by atoms with Gasteiger partial charge in [-0.3, -0.25) is 19.1 Å². The third-order valence-electron chi connectivity index (χ3n) is 3.53. The van der Waals surface area contributed by atoms with Crippen LogP contribution >= 0.6 is 11.8 Å². The smallest absolute Gasteiger partial charge is 0.324 e. The third-order valence-corrected chi connectivity index (χ3v) is 4.47. The van der Waals surface area contributed by atoms with Crippen LogP contribution in [-0.4, -0.2) is 57.8 Å². The summed E-state index contributed by atoms with van der Waals surface area (Å²) in [6, 6.07) is 5.49. The molecule has 1 aromatic carbocycles. The van der Waals surface area contributed by atoms with E-state index >= 15 is 0 Å². The first-order valence-electron chi connectivity index (χ1n) is 7.70. The normalized spacial score (nSPS) is 13.6. The van der Waals surface area contributed by atoms with E-state index in [1.165, 1.54) is 18.3 Å². The molecule has 1 N–H and O–H groups in total. The Labute approximate surface area is 152 Å². The monoisotopic (exact) mass is 378 g/mol. The molecule has 2 aromatic rings. The number of aromatic nitrogens is 2. The third kappa shape index (κ3) is 4.20. The van der Waals surface area contributed by atoms with Crippen molar-refractivity contribution in [2.24, 2.45) is 0 Å². The molecule has 8 nitrogen and oxygen atoms in total. The predicted molar refractivity (Wildman–Crippen MR) is 90.3 cm³/mol. The number of carbonyl (C=O) groups excluding carboxylic acids is 3. The van der Waals surface area contributed by atoms with E-state index in [2.05, 4.69) is 10.3 Å². The van der Waals surface area contributed by atoms with Gasteiger partial charge >= 0.3 is 12.0 Å². The summed E-state index contributed by atoms with van der Waals surface area (Å²) in [6.07, 6.45) is 3.19. The van der Waals surface area contributed by atoms with Gasteiger partial charge in [0.25, 0.3) is 5.91 Å². The molecule has 136 valence electrons. The van der Waals surface area contributed by atoms with E-state index in [9.17, 15) is 18.8 Å². The molecule has 0 unspecified atom stereocenters. The first kappa shape index (κ1) is 17.9. The van der Waals surface area contributed by atoms with E-state index in [4.69, 9.17) is 4.74 Å². The number of urea groups is 1. The SMILES string of the molecule is O=C(CSc1nccn1-c1cccc(F)c1)OCC(=O)N1CCNC1=O. The number of hydrogen-bond donors (Lipinski definition) is 1. The van der Waals surface area contributed by atoms with Crippen LogP contribution in [0.4, 0.5) is 9.18 Å². The van der Waals surface area contributed by atoms with Gasteiger partial charge in [0.1, 0.15) is 5.82 Å². The van der Waals surface area contributed by atoms with E-state index in [0.717, 1.165) is 16.7 Å². The largest absolute Gasteiger partial charge is 0.455 e. The molecule has 1 aliphatic rings. The number of carbonyl (C=O) groups is 3. The average Bonchev–Trinajstić information content (AvgIpc) is 3.26. The number of thioether (sulfide) groups is 1. The Bertz CT molecular complexity index is 841. The molecule has 0 atom stereocenters. The molecule has 0 spiro atoms. The molecule has 1 fully saturated rings. The zero-order valence-corrected chi connectivity index (χ0v) is 14.4. The standard InChI is InChI=1S/C16H15FN4O4S/c17-11-2-1-3-12(8-11)20-6-5-19-16(20)26-10-14(23)25-9-13(22)21-7-4-18-15(21)24/h1-3,5-6,8H,4,7,9-10H2,(H,18,24). The number of benzene rings is 1. The number of imide groups is 1. The Morgan fingerprint density at radius 3 is 2.96 bits per heavy atom. The van der Waals surface area contributed by atoms with Crippen molar-refractivity contribution >= 4 is 29.7 Å². The minimum Gasteiger partial charge on any atom is -0.455 e. The Balaban J connectivity index is 1.52. The van der Waals surface area contributed by atoms with Crippen molar-refractivity contribution in [2.45, 2.75) is 5.16 Å². The minimum absolute atomic E-state index is 0.0776. The number of ether oxygens (including phenoxy) is 1. The fraction of sp³-hybridized carbons (Fsp3) is 0.250. The number of hydrogen-bond acceptors (Lipinski definition) is 6. The van der Waals surface area contributed by atoms with Crippen LogP contribution in [0.2, 0.25) is 0 Å². The zero-order chi connectivity index (χ0) is 18.5. The van der Waals surface area contributed by atoms with Crippen LogP contribution in [0.5, 0.6) is 0 Å². The van der Waals surface area contributed by atoms with Gasteiger partial charge in [0.15, 0.2) is 11.8 Å². The van der Waals surface area contributed by atoms with Crippen LogP contribution in [-0.2, 0) is 14.3 Å². The molecule has 1 aromatic heterocycles. The van der Waals surface area contributed by atoms with E-state index in [-0.39, 0.29) is 18.1 Å².